The molecule has 1 aromatic heterocycles. The van der Waals surface area contributed by atoms with Gasteiger partial charge < -0.3 is 30.0 Å². The third-order valence-electron chi connectivity index (χ3n) is 8.46. The number of hydrogen-bond donors (Lipinski definition) is 3. The Balaban J connectivity index is 1.35. The van der Waals surface area contributed by atoms with Crippen LogP contribution in [0.4, 0.5) is 9.59 Å². The predicted molar refractivity (Wildman–Crippen MR) is 174 cm³/mol. The summed E-state index contributed by atoms with van der Waals surface area (Å²) in [4.78, 5) is 73.2. The fourth-order valence-electron chi connectivity index (χ4n) is 6.36. The lowest BCUT2D eigenvalue weighted by atomic mass is 9.90. The minimum atomic E-state index is -1.12. The summed E-state index contributed by atoms with van der Waals surface area (Å²) in [7, 11) is 0. The van der Waals surface area contributed by atoms with E-state index in [4.69, 9.17) is 9.47 Å². The molecule has 2 saturated heterocycles. The number of ether oxygens (including phenoxy) is 2. The first-order valence-electron chi connectivity index (χ1n) is 16.1. The normalized spacial score (nSPS) is 19.5. The Kier molecular flexibility index (Phi) is 10.2. The summed E-state index contributed by atoms with van der Waals surface area (Å²) in [5, 5.41) is 6.70. The highest BCUT2D eigenvalue weighted by molar-refractivity contribution is 6.01. The number of rotatable bonds is 10. The molecule has 5 rings (SSSR count). The van der Waals surface area contributed by atoms with Gasteiger partial charge in [0, 0.05) is 48.9 Å². The Morgan fingerprint density at radius 2 is 1.74 bits per heavy atom. The van der Waals surface area contributed by atoms with Crippen molar-refractivity contribution in [2.75, 3.05) is 13.2 Å². The summed E-state index contributed by atoms with van der Waals surface area (Å²) in [6.45, 7) is 7.38. The number of benzene rings is 2. The van der Waals surface area contributed by atoms with Crippen LogP contribution < -0.4 is 10.6 Å². The highest BCUT2D eigenvalue weighted by Gasteiger charge is 2.48. The van der Waals surface area contributed by atoms with E-state index in [1.807, 2.05) is 60.8 Å². The number of urea groups is 1. The lowest BCUT2D eigenvalue weighted by Crippen LogP contribution is -2.68. The molecule has 250 valence electrons. The largest absolute Gasteiger partial charge is 0.464 e. The molecule has 2 aliphatic rings. The van der Waals surface area contributed by atoms with Crippen LogP contribution in [-0.4, -0.2) is 87.6 Å². The molecular formula is C35H43N5O7. The van der Waals surface area contributed by atoms with Crippen molar-refractivity contribution in [2.45, 2.75) is 89.6 Å². The van der Waals surface area contributed by atoms with Crippen LogP contribution in [-0.2, 0) is 36.7 Å². The fourth-order valence-corrected chi connectivity index (χ4v) is 6.36. The third kappa shape index (κ3) is 7.93. The second-order valence-electron chi connectivity index (χ2n) is 13.0. The molecule has 0 saturated carbocycles. The van der Waals surface area contributed by atoms with E-state index in [0.717, 1.165) is 26.9 Å². The fraction of sp³-hybridized carbons (Fsp3) is 0.457. The van der Waals surface area contributed by atoms with Gasteiger partial charge in [-0.15, -0.1) is 0 Å². The average Bonchev–Trinajstić information content (AvgIpc) is 3.43. The molecule has 0 bridgehead atoms. The minimum absolute atomic E-state index is 0.0754. The molecule has 47 heavy (non-hydrogen) atoms. The number of hydrogen-bond acceptors (Lipinski definition) is 7. The Morgan fingerprint density at radius 1 is 1.02 bits per heavy atom. The van der Waals surface area contributed by atoms with Gasteiger partial charge in [-0.2, -0.15) is 0 Å². The number of alkyl carbamates (subject to hydrolysis) is 1. The second kappa shape index (κ2) is 14.3. The molecule has 0 spiro atoms. The van der Waals surface area contributed by atoms with Gasteiger partial charge in [0.15, 0.2) is 0 Å². The summed E-state index contributed by atoms with van der Waals surface area (Å²) in [6.07, 6.45) is 2.42. The first-order chi connectivity index (χ1) is 22.4. The van der Waals surface area contributed by atoms with E-state index in [2.05, 4.69) is 15.6 Å². The summed E-state index contributed by atoms with van der Waals surface area (Å²) in [5.41, 5.74) is 1.76. The van der Waals surface area contributed by atoms with Gasteiger partial charge in [-0.1, -0.05) is 48.5 Å². The Labute approximate surface area is 274 Å². The zero-order valence-corrected chi connectivity index (χ0v) is 27.3. The number of carbonyl (C=O) groups excluding carboxylic acids is 5. The van der Waals surface area contributed by atoms with Gasteiger partial charge in [-0.3, -0.25) is 9.59 Å². The van der Waals surface area contributed by atoms with Crippen molar-refractivity contribution in [2.24, 2.45) is 0 Å². The van der Waals surface area contributed by atoms with Crippen molar-refractivity contribution >= 4 is 40.8 Å². The average molecular weight is 646 g/mol. The number of piperidine rings is 1. The number of nitrogens with one attached hydrogen (secondary N) is 3. The summed E-state index contributed by atoms with van der Waals surface area (Å²) < 4.78 is 10.8. The van der Waals surface area contributed by atoms with Gasteiger partial charge in [0.1, 0.15) is 17.7 Å². The number of aromatic amines is 1. The monoisotopic (exact) mass is 645 g/mol. The third-order valence-corrected chi connectivity index (χ3v) is 8.46. The Bertz CT molecular complexity index is 1610. The van der Waals surface area contributed by atoms with Crippen molar-refractivity contribution in [3.05, 3.63) is 71.9 Å². The minimum Gasteiger partial charge on any atom is -0.464 e. The second-order valence-corrected chi connectivity index (χ2v) is 13.0. The first-order valence-corrected chi connectivity index (χ1v) is 16.1. The van der Waals surface area contributed by atoms with Crippen LogP contribution in [0.15, 0.2) is 60.8 Å². The zero-order valence-electron chi connectivity index (χ0n) is 27.3. The van der Waals surface area contributed by atoms with Crippen LogP contribution in [0.5, 0.6) is 0 Å². The summed E-state index contributed by atoms with van der Waals surface area (Å²) >= 11 is 0. The van der Waals surface area contributed by atoms with Crippen LogP contribution in [0.1, 0.15) is 58.1 Å². The number of H-pyrrole nitrogens is 1. The number of esters is 1. The van der Waals surface area contributed by atoms with Crippen molar-refractivity contribution in [3.8, 4) is 0 Å². The smallest absolute Gasteiger partial charge is 0.408 e. The number of fused-ring (bicyclic) bond motifs is 2. The SMILES string of the molecule is CCOC(=O)[C@H](Cc1ccccc1)N1C(=O)C[C@@H]2[C@@H](NC(=O)[C@H](Cc3c[nH]c4ccccc34)NC(=O)OC(C)(C)C)CCCN2C1=O. The van der Waals surface area contributed by atoms with Crippen molar-refractivity contribution < 1.29 is 33.4 Å². The quantitative estimate of drug-likeness (QED) is 0.281. The maximum absolute atomic E-state index is 13.9. The van der Waals surface area contributed by atoms with E-state index in [9.17, 15) is 24.0 Å². The molecule has 0 aliphatic carbocycles. The van der Waals surface area contributed by atoms with Gasteiger partial charge in [-0.05, 0) is 57.7 Å². The molecular weight excluding hydrogens is 602 g/mol. The first kappa shape index (κ1) is 33.5. The lowest BCUT2D eigenvalue weighted by molar-refractivity contribution is -0.155. The molecule has 2 fully saturated rings. The number of nitrogens with zero attached hydrogens (tertiary/aromatic N) is 2. The standard InChI is InChI=1S/C35H43N5O7/c1-5-46-32(43)29(18-22-12-7-6-8-13-22)40-30(41)20-28-26(16-11-17-39(28)34(40)45)37-31(42)27(38-33(44)47-35(2,3)4)19-23-21-36-25-15-10-9-14-24(23)25/h6-10,12-15,21,26-29,36H,5,11,16-20H2,1-4H3,(H,37,42)(H,38,44)/t26-,27-,28+,29-/m0/s1. The number of para-hydroxylation sites is 1. The van der Waals surface area contributed by atoms with Crippen LogP contribution in [0.2, 0.25) is 0 Å². The Hall–Kier alpha value is -4.87. The van der Waals surface area contributed by atoms with Crippen LogP contribution in [0.25, 0.3) is 10.9 Å². The maximum atomic E-state index is 13.9. The van der Waals surface area contributed by atoms with E-state index < -0.39 is 59.7 Å². The van der Waals surface area contributed by atoms with Gasteiger partial charge in [0.25, 0.3) is 0 Å². The highest BCUT2D eigenvalue weighted by atomic mass is 16.6. The Morgan fingerprint density at radius 3 is 2.47 bits per heavy atom. The molecule has 2 aliphatic heterocycles. The molecule has 12 heteroatoms. The van der Waals surface area contributed by atoms with Crippen LogP contribution in [0, 0.1) is 0 Å². The molecule has 3 heterocycles. The van der Waals surface area contributed by atoms with Crippen molar-refractivity contribution in [1.82, 2.24) is 25.4 Å². The predicted octanol–water partition coefficient (Wildman–Crippen LogP) is 4.08. The molecule has 5 amide bonds. The molecule has 3 aromatic rings. The molecule has 0 unspecified atom stereocenters. The molecule has 12 nitrogen and oxygen atoms in total. The summed E-state index contributed by atoms with van der Waals surface area (Å²) in [6, 6.07) is 13.0. The zero-order chi connectivity index (χ0) is 33.7. The molecule has 0 radical (unpaired) electrons. The molecule has 3 N–H and O–H groups in total. The van der Waals surface area contributed by atoms with Gasteiger partial charge in [0.2, 0.25) is 11.8 Å². The van der Waals surface area contributed by atoms with Gasteiger partial charge >= 0.3 is 18.1 Å². The van der Waals surface area contributed by atoms with E-state index in [1.54, 1.807) is 32.6 Å². The lowest BCUT2D eigenvalue weighted by Gasteiger charge is -2.48. The topological polar surface area (TPSA) is 150 Å². The molecule has 4 atom stereocenters. The summed E-state index contributed by atoms with van der Waals surface area (Å²) in [5.74, 6) is -1.61. The number of carbonyl (C=O) groups is 5. The number of aromatic nitrogens is 1. The van der Waals surface area contributed by atoms with Gasteiger partial charge in [0.05, 0.1) is 12.6 Å². The van der Waals surface area contributed by atoms with E-state index in [0.29, 0.717) is 19.4 Å². The van der Waals surface area contributed by atoms with E-state index in [-0.39, 0.29) is 25.9 Å². The van der Waals surface area contributed by atoms with E-state index in [1.165, 1.54) is 0 Å². The maximum Gasteiger partial charge on any atom is 0.408 e. The van der Waals surface area contributed by atoms with Gasteiger partial charge in [-0.25, -0.2) is 19.3 Å². The highest BCUT2D eigenvalue weighted by Crippen LogP contribution is 2.30. The number of imide groups is 1. The van der Waals surface area contributed by atoms with E-state index >= 15 is 0 Å². The van der Waals surface area contributed by atoms with Crippen LogP contribution >= 0.6 is 0 Å². The van der Waals surface area contributed by atoms with Crippen molar-refractivity contribution in [1.29, 1.82) is 0 Å². The molecule has 2 aromatic carbocycles. The van der Waals surface area contributed by atoms with Crippen molar-refractivity contribution in [3.63, 3.8) is 0 Å². The van der Waals surface area contributed by atoms with Crippen LogP contribution in [0.3, 0.4) is 0 Å². The number of amides is 5.